The van der Waals surface area contributed by atoms with Gasteiger partial charge in [-0.3, -0.25) is 4.79 Å². The minimum absolute atomic E-state index is 0. The van der Waals surface area contributed by atoms with Crippen LogP contribution in [-0.4, -0.2) is 57.3 Å². The molecule has 1 saturated heterocycles. The Morgan fingerprint density at radius 1 is 1.43 bits per heavy atom. The van der Waals surface area contributed by atoms with Crippen molar-refractivity contribution in [2.45, 2.75) is 6.10 Å². The first-order chi connectivity index (χ1) is 9.81. The maximum atomic E-state index is 12.1. The van der Waals surface area contributed by atoms with Crippen LogP contribution < -0.4 is 5.32 Å². The Morgan fingerprint density at radius 3 is 2.90 bits per heavy atom. The van der Waals surface area contributed by atoms with Gasteiger partial charge in [0.05, 0.1) is 26.3 Å². The maximum absolute atomic E-state index is 12.1. The number of methoxy groups -OCH3 is 1. The lowest BCUT2D eigenvalue weighted by Crippen LogP contribution is -2.46. The molecule has 0 spiro atoms. The number of ether oxygens (including phenoxy) is 2. The molecule has 21 heavy (non-hydrogen) atoms. The molecule has 1 aromatic carbocycles. The highest BCUT2D eigenvalue weighted by molar-refractivity contribution is 5.85. The first-order valence-electron chi connectivity index (χ1n) is 6.95. The molecule has 1 unspecified atom stereocenters. The summed E-state index contributed by atoms with van der Waals surface area (Å²) in [5, 5.41) is 3.08. The van der Waals surface area contributed by atoms with Gasteiger partial charge in [0, 0.05) is 20.2 Å². The quantitative estimate of drug-likeness (QED) is 0.803. The predicted molar refractivity (Wildman–Crippen MR) is 83.7 cm³/mol. The monoisotopic (exact) mass is 314 g/mol. The number of hydrogen-bond donors (Lipinski definition) is 1. The Hall–Kier alpha value is -1.14. The van der Waals surface area contributed by atoms with E-state index < -0.39 is 0 Å². The van der Waals surface area contributed by atoms with E-state index in [0.29, 0.717) is 39.4 Å². The van der Waals surface area contributed by atoms with E-state index in [4.69, 9.17) is 9.47 Å². The van der Waals surface area contributed by atoms with Crippen molar-refractivity contribution in [3.63, 3.8) is 0 Å². The molecule has 1 atom stereocenters. The molecule has 118 valence electrons. The number of nitrogens with one attached hydrogen (secondary N) is 1. The third kappa shape index (κ3) is 5.63. The molecule has 2 rings (SSSR count). The fourth-order valence-electron chi connectivity index (χ4n) is 2.23. The zero-order chi connectivity index (χ0) is 14.2. The normalized spacial score (nSPS) is 18.1. The van der Waals surface area contributed by atoms with Crippen molar-refractivity contribution in [3.05, 3.63) is 35.9 Å². The first kappa shape index (κ1) is 17.9. The fourth-order valence-corrected chi connectivity index (χ4v) is 2.23. The lowest BCUT2D eigenvalue weighted by Gasteiger charge is -2.33. The SMILES string of the molecule is COCCNCC(=O)N1CCOC(c2ccccc2)C1.Cl. The Kier molecular flexibility index (Phi) is 8.30. The Balaban J connectivity index is 0.00000220. The van der Waals surface area contributed by atoms with E-state index in [2.05, 4.69) is 5.32 Å². The van der Waals surface area contributed by atoms with Gasteiger partial charge in [-0.25, -0.2) is 0 Å². The molecule has 1 N–H and O–H groups in total. The second kappa shape index (κ2) is 9.73. The van der Waals surface area contributed by atoms with Gasteiger partial charge in [-0.05, 0) is 5.56 Å². The number of nitrogens with zero attached hydrogens (tertiary/aromatic N) is 1. The zero-order valence-corrected chi connectivity index (χ0v) is 13.1. The van der Waals surface area contributed by atoms with Gasteiger partial charge in [-0.15, -0.1) is 12.4 Å². The highest BCUT2D eigenvalue weighted by atomic mass is 35.5. The summed E-state index contributed by atoms with van der Waals surface area (Å²) in [6, 6.07) is 10.0. The molecule has 1 aliphatic rings. The number of halogens is 1. The average Bonchev–Trinajstić information content (AvgIpc) is 2.52. The molecule has 0 aromatic heterocycles. The van der Waals surface area contributed by atoms with Gasteiger partial charge < -0.3 is 19.7 Å². The molecule has 5 nitrogen and oxygen atoms in total. The highest BCUT2D eigenvalue weighted by Gasteiger charge is 2.24. The molecule has 1 fully saturated rings. The van der Waals surface area contributed by atoms with Gasteiger partial charge in [-0.2, -0.15) is 0 Å². The van der Waals surface area contributed by atoms with E-state index in [-0.39, 0.29) is 24.4 Å². The molecule has 6 heteroatoms. The summed E-state index contributed by atoms with van der Waals surface area (Å²) in [6.07, 6.45) is -0.0205. The van der Waals surface area contributed by atoms with Crippen LogP contribution in [0.2, 0.25) is 0 Å². The molecule has 0 bridgehead atoms. The van der Waals surface area contributed by atoms with Crippen LogP contribution in [0, 0.1) is 0 Å². The molecular formula is C15H23ClN2O3. The minimum Gasteiger partial charge on any atom is -0.383 e. The van der Waals surface area contributed by atoms with Gasteiger partial charge >= 0.3 is 0 Å². The smallest absolute Gasteiger partial charge is 0.236 e. The second-order valence-corrected chi connectivity index (χ2v) is 4.78. The lowest BCUT2D eigenvalue weighted by atomic mass is 10.1. The number of amides is 1. The van der Waals surface area contributed by atoms with E-state index in [9.17, 15) is 4.79 Å². The number of benzene rings is 1. The second-order valence-electron chi connectivity index (χ2n) is 4.78. The van der Waals surface area contributed by atoms with Gasteiger partial charge in [-0.1, -0.05) is 30.3 Å². The van der Waals surface area contributed by atoms with E-state index in [1.807, 2.05) is 35.2 Å². The van der Waals surface area contributed by atoms with Gasteiger partial charge in [0.2, 0.25) is 5.91 Å². The standard InChI is InChI=1S/C15H22N2O3.ClH/c1-19-9-7-16-11-15(18)17-8-10-20-14(12-17)13-5-3-2-4-6-13;/h2-6,14,16H,7-12H2,1H3;1H. The fraction of sp³-hybridized carbons (Fsp3) is 0.533. The summed E-state index contributed by atoms with van der Waals surface area (Å²) >= 11 is 0. The molecule has 0 radical (unpaired) electrons. The van der Waals surface area contributed by atoms with Crippen LogP contribution in [0.25, 0.3) is 0 Å². The van der Waals surface area contributed by atoms with E-state index >= 15 is 0 Å². The van der Waals surface area contributed by atoms with Crippen molar-refractivity contribution in [2.24, 2.45) is 0 Å². The Labute approximate surface area is 132 Å². The van der Waals surface area contributed by atoms with Gasteiger partial charge in [0.15, 0.2) is 0 Å². The van der Waals surface area contributed by atoms with Crippen LogP contribution in [0.4, 0.5) is 0 Å². The van der Waals surface area contributed by atoms with Crippen molar-refractivity contribution in [3.8, 4) is 0 Å². The van der Waals surface area contributed by atoms with Crippen molar-refractivity contribution in [2.75, 3.05) is 46.5 Å². The van der Waals surface area contributed by atoms with Crippen LogP contribution >= 0.6 is 12.4 Å². The molecule has 1 aromatic rings. The molecule has 1 heterocycles. The van der Waals surface area contributed by atoms with E-state index in [1.54, 1.807) is 7.11 Å². The lowest BCUT2D eigenvalue weighted by molar-refractivity contribution is -0.138. The summed E-state index contributed by atoms with van der Waals surface area (Å²) in [6.45, 7) is 3.52. The number of hydrogen-bond acceptors (Lipinski definition) is 4. The van der Waals surface area contributed by atoms with Crippen molar-refractivity contribution in [1.29, 1.82) is 0 Å². The largest absolute Gasteiger partial charge is 0.383 e. The molecule has 0 aliphatic carbocycles. The molecule has 1 aliphatic heterocycles. The molecular weight excluding hydrogens is 292 g/mol. The minimum atomic E-state index is -0.0205. The van der Waals surface area contributed by atoms with Crippen LogP contribution in [0.1, 0.15) is 11.7 Å². The van der Waals surface area contributed by atoms with E-state index in [1.165, 1.54) is 0 Å². The average molecular weight is 315 g/mol. The first-order valence-corrected chi connectivity index (χ1v) is 6.95. The van der Waals surface area contributed by atoms with Crippen LogP contribution in [-0.2, 0) is 14.3 Å². The maximum Gasteiger partial charge on any atom is 0.236 e. The van der Waals surface area contributed by atoms with E-state index in [0.717, 1.165) is 5.56 Å². The third-order valence-electron chi connectivity index (χ3n) is 3.35. The number of morpholine rings is 1. The topological polar surface area (TPSA) is 50.8 Å². The Bertz CT molecular complexity index is 417. The zero-order valence-electron chi connectivity index (χ0n) is 12.3. The summed E-state index contributed by atoms with van der Waals surface area (Å²) in [7, 11) is 1.65. The Morgan fingerprint density at radius 2 is 2.19 bits per heavy atom. The van der Waals surface area contributed by atoms with Gasteiger partial charge in [0.1, 0.15) is 6.10 Å². The highest BCUT2D eigenvalue weighted by Crippen LogP contribution is 2.21. The number of carbonyl (C=O) groups excluding carboxylic acids is 1. The van der Waals surface area contributed by atoms with Crippen LogP contribution in [0.15, 0.2) is 30.3 Å². The number of rotatable bonds is 6. The number of carbonyl (C=O) groups is 1. The summed E-state index contributed by atoms with van der Waals surface area (Å²) < 4.78 is 10.7. The molecule has 0 saturated carbocycles. The van der Waals surface area contributed by atoms with Gasteiger partial charge in [0.25, 0.3) is 0 Å². The molecule has 1 amide bonds. The van der Waals surface area contributed by atoms with Crippen LogP contribution in [0.5, 0.6) is 0 Å². The summed E-state index contributed by atoms with van der Waals surface area (Å²) in [5.41, 5.74) is 1.12. The third-order valence-corrected chi connectivity index (χ3v) is 3.35. The van der Waals surface area contributed by atoms with Crippen molar-refractivity contribution in [1.82, 2.24) is 10.2 Å². The summed E-state index contributed by atoms with van der Waals surface area (Å²) in [5.74, 6) is 0.116. The van der Waals surface area contributed by atoms with Crippen LogP contribution in [0.3, 0.4) is 0 Å². The predicted octanol–water partition coefficient (Wildman–Crippen LogP) is 1.24. The summed E-state index contributed by atoms with van der Waals surface area (Å²) in [4.78, 5) is 14.0. The van der Waals surface area contributed by atoms with Crippen molar-refractivity contribution < 1.29 is 14.3 Å². The van der Waals surface area contributed by atoms with Crippen molar-refractivity contribution >= 4 is 18.3 Å².